The standard InChI is InChI=1S/C24H27F3N4O2/c1-14(2)21(33-4)13-31(12-19-7-6-18(11-29-19)24(25,26)27)23(32)16-5-8-20-17(10-16)9-15(3)22(28)30-20/h5-11,14,21H,12-13H2,1-4H3,(H2,28,30). The number of anilines is 1. The number of ether oxygens (including phenoxy) is 1. The van der Waals surface area contributed by atoms with E-state index < -0.39 is 11.7 Å². The molecular formula is C24H27F3N4O2. The average molecular weight is 461 g/mol. The molecule has 176 valence electrons. The number of rotatable bonds is 7. The Labute approximate surface area is 190 Å². The molecule has 3 rings (SSSR count). The number of aryl methyl sites for hydroxylation is 1. The lowest BCUT2D eigenvalue weighted by molar-refractivity contribution is -0.137. The van der Waals surface area contributed by atoms with E-state index in [4.69, 9.17) is 10.5 Å². The second kappa shape index (κ2) is 9.74. The summed E-state index contributed by atoms with van der Waals surface area (Å²) in [7, 11) is 1.57. The lowest BCUT2D eigenvalue weighted by atomic mass is 10.0. The summed E-state index contributed by atoms with van der Waals surface area (Å²) in [5.41, 5.74) is 7.29. The zero-order valence-corrected chi connectivity index (χ0v) is 19.0. The molecule has 1 unspecified atom stereocenters. The van der Waals surface area contributed by atoms with E-state index in [0.29, 0.717) is 22.6 Å². The van der Waals surface area contributed by atoms with E-state index >= 15 is 0 Å². The van der Waals surface area contributed by atoms with E-state index in [1.807, 2.05) is 26.8 Å². The van der Waals surface area contributed by atoms with Gasteiger partial charge in [-0.25, -0.2) is 4.98 Å². The molecular weight excluding hydrogens is 433 g/mol. The van der Waals surface area contributed by atoms with Gasteiger partial charge in [0.05, 0.1) is 29.4 Å². The Kier molecular flexibility index (Phi) is 7.22. The number of nitrogen functional groups attached to an aromatic ring is 1. The van der Waals surface area contributed by atoms with Crippen LogP contribution in [-0.4, -0.2) is 40.5 Å². The zero-order valence-electron chi connectivity index (χ0n) is 19.0. The van der Waals surface area contributed by atoms with Crippen LogP contribution in [0.25, 0.3) is 10.9 Å². The van der Waals surface area contributed by atoms with E-state index in [9.17, 15) is 18.0 Å². The molecule has 0 radical (unpaired) electrons. The highest BCUT2D eigenvalue weighted by Crippen LogP contribution is 2.28. The topological polar surface area (TPSA) is 81.3 Å². The highest BCUT2D eigenvalue weighted by Gasteiger charge is 2.31. The average Bonchev–Trinajstić information content (AvgIpc) is 2.76. The van der Waals surface area contributed by atoms with E-state index in [0.717, 1.165) is 23.2 Å². The molecule has 0 spiro atoms. The summed E-state index contributed by atoms with van der Waals surface area (Å²) in [6, 6.07) is 9.25. The van der Waals surface area contributed by atoms with Crippen LogP contribution >= 0.6 is 0 Å². The molecule has 2 aromatic heterocycles. The van der Waals surface area contributed by atoms with E-state index in [2.05, 4.69) is 9.97 Å². The molecule has 2 N–H and O–H groups in total. The van der Waals surface area contributed by atoms with Crippen molar-refractivity contribution in [1.29, 1.82) is 0 Å². The number of nitrogens with two attached hydrogens (primary N) is 1. The summed E-state index contributed by atoms with van der Waals surface area (Å²) in [5.74, 6) is 0.268. The number of methoxy groups -OCH3 is 1. The number of pyridine rings is 2. The summed E-state index contributed by atoms with van der Waals surface area (Å²) in [6.45, 7) is 6.09. The van der Waals surface area contributed by atoms with Crippen molar-refractivity contribution in [2.45, 2.75) is 39.6 Å². The lowest BCUT2D eigenvalue weighted by Gasteiger charge is -2.29. The maximum absolute atomic E-state index is 13.5. The van der Waals surface area contributed by atoms with Crippen LogP contribution in [0.1, 0.15) is 41.0 Å². The molecule has 1 aromatic carbocycles. The predicted molar refractivity (Wildman–Crippen MR) is 121 cm³/mol. The van der Waals surface area contributed by atoms with Crippen LogP contribution in [0, 0.1) is 12.8 Å². The Balaban J connectivity index is 1.93. The normalized spacial score (nSPS) is 12.8. The maximum Gasteiger partial charge on any atom is 0.417 e. The first kappa shape index (κ1) is 24.4. The summed E-state index contributed by atoms with van der Waals surface area (Å²) >= 11 is 0. The Morgan fingerprint density at radius 1 is 1.18 bits per heavy atom. The molecule has 3 aromatic rings. The highest BCUT2D eigenvalue weighted by atomic mass is 19.4. The molecule has 0 saturated heterocycles. The number of halogens is 3. The number of fused-ring (bicyclic) bond motifs is 1. The predicted octanol–water partition coefficient (Wildman–Crippen LogP) is 4.85. The van der Waals surface area contributed by atoms with E-state index in [1.54, 1.807) is 30.2 Å². The van der Waals surface area contributed by atoms with Crippen LogP contribution in [-0.2, 0) is 17.5 Å². The Bertz CT molecular complexity index is 1130. The molecule has 0 aliphatic carbocycles. The number of carbonyl (C=O) groups excluding carboxylic acids is 1. The quantitative estimate of drug-likeness (QED) is 0.545. The van der Waals surface area contributed by atoms with Gasteiger partial charge in [0.25, 0.3) is 5.91 Å². The van der Waals surface area contributed by atoms with Crippen molar-refractivity contribution in [3.63, 3.8) is 0 Å². The fraction of sp³-hybridized carbons (Fsp3) is 0.375. The highest BCUT2D eigenvalue weighted by molar-refractivity contribution is 5.98. The summed E-state index contributed by atoms with van der Waals surface area (Å²) in [4.78, 5) is 23.3. The molecule has 0 aliphatic heterocycles. The second-order valence-electron chi connectivity index (χ2n) is 8.34. The van der Waals surface area contributed by atoms with Gasteiger partial charge in [0.1, 0.15) is 5.82 Å². The van der Waals surface area contributed by atoms with Crippen molar-refractivity contribution in [3.05, 3.63) is 65.0 Å². The van der Waals surface area contributed by atoms with Crippen molar-refractivity contribution >= 4 is 22.6 Å². The number of amides is 1. The summed E-state index contributed by atoms with van der Waals surface area (Å²) < 4.78 is 44.2. The van der Waals surface area contributed by atoms with E-state index in [1.165, 1.54) is 6.07 Å². The first-order valence-electron chi connectivity index (χ1n) is 10.5. The largest absolute Gasteiger partial charge is 0.417 e. The van der Waals surface area contributed by atoms with Gasteiger partial charge >= 0.3 is 6.18 Å². The van der Waals surface area contributed by atoms with Crippen LogP contribution in [0.3, 0.4) is 0 Å². The van der Waals surface area contributed by atoms with Gasteiger partial charge in [0.15, 0.2) is 0 Å². The van der Waals surface area contributed by atoms with Gasteiger partial charge in [-0.15, -0.1) is 0 Å². The Morgan fingerprint density at radius 2 is 1.91 bits per heavy atom. The van der Waals surface area contributed by atoms with Gasteiger partial charge in [-0.05, 0) is 54.8 Å². The lowest BCUT2D eigenvalue weighted by Crippen LogP contribution is -2.40. The first-order valence-corrected chi connectivity index (χ1v) is 10.5. The molecule has 0 saturated carbocycles. The minimum absolute atomic E-state index is 0.0423. The number of alkyl halides is 3. The minimum Gasteiger partial charge on any atom is -0.383 e. The summed E-state index contributed by atoms with van der Waals surface area (Å²) in [6.07, 6.45) is -3.95. The molecule has 9 heteroatoms. The minimum atomic E-state index is -4.47. The fourth-order valence-corrected chi connectivity index (χ4v) is 3.49. The number of hydrogen-bond donors (Lipinski definition) is 1. The van der Waals surface area contributed by atoms with Crippen molar-refractivity contribution in [2.24, 2.45) is 5.92 Å². The SMILES string of the molecule is COC(CN(Cc1ccc(C(F)(F)F)cn1)C(=O)c1ccc2nc(N)c(C)cc2c1)C(C)C. The third-order valence-electron chi connectivity index (χ3n) is 5.53. The number of aromatic nitrogens is 2. The molecule has 6 nitrogen and oxygen atoms in total. The van der Waals surface area contributed by atoms with Crippen LogP contribution in [0.5, 0.6) is 0 Å². The monoisotopic (exact) mass is 460 g/mol. The van der Waals surface area contributed by atoms with Crippen molar-refractivity contribution in [2.75, 3.05) is 19.4 Å². The Morgan fingerprint density at radius 3 is 2.48 bits per heavy atom. The van der Waals surface area contributed by atoms with Crippen LogP contribution < -0.4 is 5.73 Å². The Hall–Kier alpha value is -3.20. The van der Waals surface area contributed by atoms with E-state index in [-0.39, 0.29) is 31.0 Å². The van der Waals surface area contributed by atoms with Gasteiger partial charge < -0.3 is 15.4 Å². The molecule has 0 fully saturated rings. The van der Waals surface area contributed by atoms with Gasteiger partial charge in [-0.2, -0.15) is 13.2 Å². The number of nitrogens with zero attached hydrogens (tertiary/aromatic N) is 3. The molecule has 0 aliphatic rings. The number of benzene rings is 1. The van der Waals surface area contributed by atoms with Gasteiger partial charge in [-0.3, -0.25) is 9.78 Å². The third-order valence-corrected chi connectivity index (χ3v) is 5.53. The van der Waals surface area contributed by atoms with Gasteiger partial charge in [0, 0.05) is 30.8 Å². The van der Waals surface area contributed by atoms with Crippen LogP contribution in [0.15, 0.2) is 42.6 Å². The van der Waals surface area contributed by atoms with Gasteiger partial charge in [0.2, 0.25) is 0 Å². The van der Waals surface area contributed by atoms with Crippen LogP contribution in [0.4, 0.5) is 19.0 Å². The zero-order chi connectivity index (χ0) is 24.3. The summed E-state index contributed by atoms with van der Waals surface area (Å²) in [5, 5.41) is 0.771. The van der Waals surface area contributed by atoms with Crippen LogP contribution in [0.2, 0.25) is 0 Å². The maximum atomic E-state index is 13.5. The molecule has 0 bridgehead atoms. The molecule has 33 heavy (non-hydrogen) atoms. The number of hydrogen-bond acceptors (Lipinski definition) is 5. The van der Waals surface area contributed by atoms with Gasteiger partial charge in [-0.1, -0.05) is 13.8 Å². The van der Waals surface area contributed by atoms with Crippen molar-refractivity contribution in [3.8, 4) is 0 Å². The van der Waals surface area contributed by atoms with Crippen molar-refractivity contribution < 1.29 is 22.7 Å². The van der Waals surface area contributed by atoms with Crippen molar-refractivity contribution in [1.82, 2.24) is 14.9 Å². The second-order valence-corrected chi connectivity index (χ2v) is 8.34. The number of carbonyl (C=O) groups is 1. The first-order chi connectivity index (χ1) is 15.5. The smallest absolute Gasteiger partial charge is 0.383 e. The molecule has 1 amide bonds. The molecule has 2 heterocycles. The molecule has 1 atom stereocenters. The third kappa shape index (κ3) is 5.78. The fourth-order valence-electron chi connectivity index (χ4n) is 3.49.